The zero-order valence-electron chi connectivity index (χ0n) is 20.0. The number of amides is 2. The fourth-order valence-corrected chi connectivity index (χ4v) is 6.23. The van der Waals surface area contributed by atoms with Gasteiger partial charge >= 0.3 is 12.1 Å². The van der Waals surface area contributed by atoms with Crippen LogP contribution in [0.2, 0.25) is 0 Å². The number of hydrogen-bond acceptors (Lipinski definition) is 4. The number of alkyl carbamates (subject to hydrolysis) is 1. The third kappa shape index (κ3) is 4.40. The summed E-state index contributed by atoms with van der Waals surface area (Å²) in [7, 11) is 0. The van der Waals surface area contributed by atoms with E-state index in [0.29, 0.717) is 19.4 Å². The number of nitrogens with one attached hydrogen (secondary N) is 1. The molecule has 3 aliphatic rings. The third-order valence-corrected chi connectivity index (χ3v) is 8.06. The van der Waals surface area contributed by atoms with Crippen molar-refractivity contribution in [3.8, 4) is 11.1 Å². The Bertz CT molecular complexity index is 1090. The maximum absolute atomic E-state index is 13.0. The molecule has 2 aromatic carbocycles. The van der Waals surface area contributed by atoms with E-state index in [1.54, 1.807) is 0 Å². The van der Waals surface area contributed by atoms with Crippen molar-refractivity contribution in [2.75, 3.05) is 13.2 Å². The van der Waals surface area contributed by atoms with Crippen LogP contribution in [0.3, 0.4) is 0 Å². The summed E-state index contributed by atoms with van der Waals surface area (Å²) in [5.74, 6) is -1.27. The van der Waals surface area contributed by atoms with Gasteiger partial charge in [0, 0.05) is 31.0 Å². The maximum atomic E-state index is 13.0. The van der Waals surface area contributed by atoms with Gasteiger partial charge in [0.15, 0.2) is 0 Å². The van der Waals surface area contributed by atoms with Gasteiger partial charge in [-0.05, 0) is 47.4 Å². The monoisotopic (exact) mass is 476 g/mol. The number of carboxylic acids is 1. The number of fused-ring (bicyclic) bond motifs is 5. The molecule has 1 aliphatic carbocycles. The van der Waals surface area contributed by atoms with Gasteiger partial charge in [0.2, 0.25) is 5.91 Å². The first-order valence-corrected chi connectivity index (χ1v) is 12.6. The average Bonchev–Trinajstić information content (AvgIpc) is 3.55. The van der Waals surface area contributed by atoms with Crippen LogP contribution in [0.1, 0.15) is 56.1 Å². The van der Waals surface area contributed by atoms with Crippen LogP contribution in [0.5, 0.6) is 0 Å². The first-order valence-electron chi connectivity index (χ1n) is 12.6. The Labute approximate surface area is 205 Å². The fraction of sp³-hybridized carbons (Fsp3) is 0.464. The summed E-state index contributed by atoms with van der Waals surface area (Å²) in [6.07, 6.45) is 2.77. The van der Waals surface area contributed by atoms with Crippen LogP contribution in [0.15, 0.2) is 48.5 Å². The number of carbonyl (C=O) groups excluding carboxylic acids is 2. The van der Waals surface area contributed by atoms with Gasteiger partial charge in [-0.15, -0.1) is 0 Å². The van der Waals surface area contributed by atoms with Crippen molar-refractivity contribution >= 4 is 18.0 Å². The van der Waals surface area contributed by atoms with Crippen LogP contribution in [-0.2, 0) is 14.3 Å². The molecule has 35 heavy (non-hydrogen) atoms. The van der Waals surface area contributed by atoms with Crippen LogP contribution in [0, 0.1) is 11.8 Å². The second kappa shape index (κ2) is 9.72. The van der Waals surface area contributed by atoms with Crippen LogP contribution in [0.25, 0.3) is 11.1 Å². The summed E-state index contributed by atoms with van der Waals surface area (Å²) in [4.78, 5) is 38.9. The number of nitrogens with zero attached hydrogens (tertiary/aromatic N) is 1. The largest absolute Gasteiger partial charge is 0.481 e. The average molecular weight is 477 g/mol. The number of aliphatic carboxylic acids is 1. The zero-order valence-corrected chi connectivity index (χ0v) is 20.0. The van der Waals surface area contributed by atoms with Crippen LogP contribution in [0.4, 0.5) is 4.79 Å². The predicted molar refractivity (Wildman–Crippen MR) is 131 cm³/mol. The van der Waals surface area contributed by atoms with Gasteiger partial charge < -0.3 is 20.1 Å². The van der Waals surface area contributed by atoms with Crippen LogP contribution >= 0.6 is 0 Å². The SMILES string of the molecule is CCC(CNC(=O)OCC1c2ccccc2-c2ccccc21)CC(=O)N1C2CCC1C(C(=O)O)C2. The molecular weight excluding hydrogens is 444 g/mol. The van der Waals surface area contributed by atoms with Crippen molar-refractivity contribution in [2.45, 2.75) is 57.0 Å². The quantitative estimate of drug-likeness (QED) is 0.589. The van der Waals surface area contributed by atoms with Crippen molar-refractivity contribution < 1.29 is 24.2 Å². The van der Waals surface area contributed by atoms with E-state index >= 15 is 0 Å². The summed E-state index contributed by atoms with van der Waals surface area (Å²) in [5.41, 5.74) is 4.70. The van der Waals surface area contributed by atoms with Crippen molar-refractivity contribution in [1.29, 1.82) is 0 Å². The lowest BCUT2D eigenvalue weighted by molar-refractivity contribution is -0.143. The maximum Gasteiger partial charge on any atom is 0.407 e. The predicted octanol–water partition coefficient (Wildman–Crippen LogP) is 4.41. The van der Waals surface area contributed by atoms with Crippen molar-refractivity contribution in [2.24, 2.45) is 11.8 Å². The van der Waals surface area contributed by atoms with E-state index in [2.05, 4.69) is 29.6 Å². The van der Waals surface area contributed by atoms with E-state index < -0.39 is 18.0 Å². The molecule has 2 N–H and O–H groups in total. The molecule has 0 radical (unpaired) electrons. The highest BCUT2D eigenvalue weighted by Crippen LogP contribution is 2.45. The first-order chi connectivity index (χ1) is 17.0. The molecule has 4 unspecified atom stereocenters. The second-order valence-electron chi connectivity index (χ2n) is 9.96. The third-order valence-electron chi connectivity index (χ3n) is 8.06. The lowest BCUT2D eigenvalue weighted by Crippen LogP contribution is -2.40. The molecule has 2 heterocycles. The Morgan fingerprint density at radius 3 is 2.31 bits per heavy atom. The Morgan fingerprint density at radius 1 is 1.06 bits per heavy atom. The van der Waals surface area contributed by atoms with Gasteiger partial charge in [-0.25, -0.2) is 4.79 Å². The lowest BCUT2D eigenvalue weighted by atomic mass is 9.89. The first kappa shape index (κ1) is 23.4. The molecular formula is C28H32N2O5. The Kier molecular flexibility index (Phi) is 6.50. The van der Waals surface area contributed by atoms with Gasteiger partial charge in [0.25, 0.3) is 0 Å². The van der Waals surface area contributed by atoms with Crippen LogP contribution in [-0.4, -0.2) is 53.2 Å². The van der Waals surface area contributed by atoms with E-state index in [9.17, 15) is 19.5 Å². The van der Waals surface area contributed by atoms with E-state index in [1.807, 2.05) is 36.1 Å². The highest BCUT2D eigenvalue weighted by Gasteiger charge is 2.51. The topological polar surface area (TPSA) is 95.9 Å². The van der Waals surface area contributed by atoms with Gasteiger partial charge in [-0.1, -0.05) is 61.9 Å². The molecule has 2 bridgehead atoms. The standard InChI is InChI=1S/C28H32N2O5/c1-2-17(13-26(31)30-18-11-12-25(30)23(14-18)27(32)33)15-29-28(34)35-16-24-21-9-5-3-7-19(21)20-8-4-6-10-22(20)24/h3-10,17-18,23-25H,2,11-16H2,1H3,(H,29,34)(H,32,33). The van der Waals surface area contributed by atoms with Gasteiger partial charge in [-0.2, -0.15) is 0 Å². The summed E-state index contributed by atoms with van der Waals surface area (Å²) in [6.45, 7) is 2.60. The molecule has 0 saturated carbocycles. The fourth-order valence-electron chi connectivity index (χ4n) is 6.23. The van der Waals surface area contributed by atoms with Gasteiger partial charge in [0.05, 0.1) is 5.92 Å². The van der Waals surface area contributed by atoms with Crippen molar-refractivity contribution in [3.05, 3.63) is 59.7 Å². The van der Waals surface area contributed by atoms with E-state index in [0.717, 1.165) is 19.3 Å². The Morgan fingerprint density at radius 2 is 1.71 bits per heavy atom. The minimum atomic E-state index is -0.807. The molecule has 4 atom stereocenters. The molecule has 2 aliphatic heterocycles. The van der Waals surface area contributed by atoms with E-state index in [-0.39, 0.29) is 36.4 Å². The lowest BCUT2D eigenvalue weighted by Gasteiger charge is -2.25. The molecule has 184 valence electrons. The molecule has 0 aromatic heterocycles. The number of carbonyl (C=O) groups is 3. The molecule has 7 heteroatoms. The highest BCUT2D eigenvalue weighted by atomic mass is 16.5. The molecule has 2 amide bonds. The normalized spacial score (nSPS) is 23.0. The highest BCUT2D eigenvalue weighted by molar-refractivity contribution is 5.81. The molecule has 7 nitrogen and oxygen atoms in total. The molecule has 0 spiro atoms. The Balaban J connectivity index is 1.14. The van der Waals surface area contributed by atoms with Crippen molar-refractivity contribution in [3.63, 3.8) is 0 Å². The number of benzene rings is 2. The van der Waals surface area contributed by atoms with E-state index in [1.165, 1.54) is 22.3 Å². The number of carboxylic acid groups (broad SMARTS) is 1. The zero-order chi connectivity index (χ0) is 24.5. The summed E-state index contributed by atoms with van der Waals surface area (Å²) < 4.78 is 5.61. The van der Waals surface area contributed by atoms with Crippen molar-refractivity contribution in [1.82, 2.24) is 10.2 Å². The summed E-state index contributed by atoms with van der Waals surface area (Å²) in [5, 5.41) is 12.3. The minimum Gasteiger partial charge on any atom is -0.481 e. The molecule has 2 fully saturated rings. The summed E-state index contributed by atoms with van der Waals surface area (Å²) in [6, 6.07) is 16.3. The second-order valence-corrected chi connectivity index (χ2v) is 9.96. The smallest absolute Gasteiger partial charge is 0.407 e. The van der Waals surface area contributed by atoms with E-state index in [4.69, 9.17) is 4.74 Å². The molecule has 2 aromatic rings. The van der Waals surface area contributed by atoms with Gasteiger partial charge in [-0.3, -0.25) is 9.59 Å². The number of ether oxygens (including phenoxy) is 1. The number of hydrogen-bond donors (Lipinski definition) is 2. The van der Waals surface area contributed by atoms with Gasteiger partial charge in [0.1, 0.15) is 6.61 Å². The molecule has 2 saturated heterocycles. The minimum absolute atomic E-state index is 0.00226. The Hall–Kier alpha value is -3.35. The van der Waals surface area contributed by atoms with Crippen LogP contribution < -0.4 is 5.32 Å². The molecule has 5 rings (SSSR count). The summed E-state index contributed by atoms with van der Waals surface area (Å²) >= 11 is 0. The number of rotatable bonds is 8.